The third kappa shape index (κ3) is 5.05. The average molecular weight is 432 g/mol. The van der Waals surface area contributed by atoms with Crippen LogP contribution in [0.3, 0.4) is 0 Å². The predicted octanol–water partition coefficient (Wildman–Crippen LogP) is 3.23. The molecule has 8 nitrogen and oxygen atoms in total. The number of fused-ring (bicyclic) bond motifs is 1. The predicted molar refractivity (Wildman–Crippen MR) is 110 cm³/mol. The van der Waals surface area contributed by atoms with E-state index in [0.29, 0.717) is 19.6 Å². The lowest BCUT2D eigenvalue weighted by molar-refractivity contribution is 0.0594. The lowest BCUT2D eigenvalue weighted by atomic mass is 10.1. The first kappa shape index (κ1) is 21.9. The molecule has 0 aliphatic carbocycles. The number of carbonyl (C=O) groups is 1. The van der Waals surface area contributed by atoms with Crippen molar-refractivity contribution in [3.05, 3.63) is 60.3 Å². The summed E-state index contributed by atoms with van der Waals surface area (Å²) in [6.45, 7) is 2.97. The number of nitrogens with zero attached hydrogens (tertiary/aromatic N) is 2. The van der Waals surface area contributed by atoms with Crippen LogP contribution in [0.2, 0.25) is 0 Å². The Hall–Kier alpha value is -2.75. The number of benzene rings is 2. The molecule has 0 saturated heterocycles. The van der Waals surface area contributed by atoms with Gasteiger partial charge in [0.2, 0.25) is 15.9 Å². The maximum absolute atomic E-state index is 13.4. The van der Waals surface area contributed by atoms with Gasteiger partial charge in [-0.25, -0.2) is 18.2 Å². The van der Waals surface area contributed by atoms with Crippen LogP contribution < -0.4 is 0 Å². The first-order valence-corrected chi connectivity index (χ1v) is 11.0. The zero-order valence-corrected chi connectivity index (χ0v) is 17.7. The van der Waals surface area contributed by atoms with Crippen LogP contribution in [0, 0.1) is 0 Å². The number of hydrogen-bond donors (Lipinski definition) is 0. The summed E-state index contributed by atoms with van der Waals surface area (Å²) in [5.41, 5.74) is -0.00938. The third-order valence-corrected chi connectivity index (χ3v) is 6.36. The van der Waals surface area contributed by atoms with Crippen molar-refractivity contribution in [2.75, 3.05) is 26.9 Å². The Morgan fingerprint density at radius 1 is 1.17 bits per heavy atom. The normalized spacial score (nSPS) is 11.8. The fourth-order valence-corrected chi connectivity index (χ4v) is 4.45. The highest BCUT2D eigenvalue weighted by Crippen LogP contribution is 2.23. The van der Waals surface area contributed by atoms with Crippen LogP contribution >= 0.6 is 0 Å². The molecule has 9 heteroatoms. The molecule has 1 heterocycles. The lowest BCUT2D eigenvalue weighted by Crippen LogP contribution is -2.32. The second-order valence-corrected chi connectivity index (χ2v) is 8.45. The van der Waals surface area contributed by atoms with Crippen molar-refractivity contribution in [2.24, 2.45) is 0 Å². The number of methoxy groups -OCH3 is 1. The molecule has 160 valence electrons. The van der Waals surface area contributed by atoms with E-state index in [4.69, 9.17) is 9.15 Å². The largest absolute Gasteiger partial charge is 0.464 e. The van der Waals surface area contributed by atoms with Crippen molar-refractivity contribution in [1.82, 2.24) is 9.29 Å². The van der Waals surface area contributed by atoms with Gasteiger partial charge < -0.3 is 13.9 Å². The van der Waals surface area contributed by atoms with Gasteiger partial charge in [-0.05, 0) is 36.2 Å². The minimum atomic E-state index is -3.83. The maximum Gasteiger partial charge on any atom is 0.360 e. The number of esters is 1. The fourth-order valence-electron chi connectivity index (χ4n) is 2.98. The topological polar surface area (TPSA) is 98.9 Å². The van der Waals surface area contributed by atoms with Crippen molar-refractivity contribution in [3.63, 3.8) is 0 Å². The lowest BCUT2D eigenvalue weighted by Gasteiger charge is -2.21. The summed E-state index contributed by atoms with van der Waals surface area (Å²) in [5.74, 6) is -0.540. The highest BCUT2D eigenvalue weighted by atomic mass is 32.2. The first-order valence-electron chi connectivity index (χ1n) is 9.55. The van der Waals surface area contributed by atoms with Crippen LogP contribution in [0.4, 0.5) is 0 Å². The summed E-state index contributed by atoms with van der Waals surface area (Å²) in [6, 6.07) is 12.6. The Balaban J connectivity index is 1.88. The van der Waals surface area contributed by atoms with Crippen molar-refractivity contribution in [1.29, 1.82) is 0 Å². The van der Waals surface area contributed by atoms with Gasteiger partial charge in [-0.1, -0.05) is 30.3 Å². The molecule has 0 aliphatic rings. The molecule has 0 spiro atoms. The van der Waals surface area contributed by atoms with Gasteiger partial charge >= 0.3 is 5.97 Å². The Bertz CT molecular complexity index is 1110. The Morgan fingerprint density at radius 2 is 1.93 bits per heavy atom. The Kier molecular flexibility index (Phi) is 7.20. The molecule has 0 fully saturated rings. The number of rotatable bonds is 10. The minimum absolute atomic E-state index is 0.00938. The van der Waals surface area contributed by atoms with Crippen LogP contribution in [-0.2, 0) is 26.0 Å². The molecule has 0 saturated carbocycles. The molecule has 0 bridgehead atoms. The maximum atomic E-state index is 13.4. The van der Waals surface area contributed by atoms with E-state index < -0.39 is 16.0 Å². The molecule has 0 aliphatic heterocycles. The molecule has 3 aromatic rings. The zero-order chi connectivity index (χ0) is 21.6. The molecule has 2 aromatic carbocycles. The average Bonchev–Trinajstić information content (AvgIpc) is 3.23. The van der Waals surface area contributed by atoms with E-state index in [1.165, 1.54) is 11.4 Å². The van der Waals surface area contributed by atoms with Gasteiger partial charge in [0, 0.05) is 19.8 Å². The van der Waals surface area contributed by atoms with Gasteiger partial charge in [0.15, 0.2) is 5.69 Å². The number of oxazole rings is 1. The number of hydrogen-bond acceptors (Lipinski definition) is 7. The Morgan fingerprint density at radius 3 is 2.67 bits per heavy atom. The zero-order valence-electron chi connectivity index (χ0n) is 16.9. The number of aromatic nitrogens is 1. The van der Waals surface area contributed by atoms with E-state index in [2.05, 4.69) is 9.72 Å². The van der Waals surface area contributed by atoms with Crippen LogP contribution in [0.25, 0.3) is 10.8 Å². The van der Waals surface area contributed by atoms with Crippen molar-refractivity contribution < 1.29 is 27.1 Å². The van der Waals surface area contributed by atoms with E-state index in [1.807, 2.05) is 31.2 Å². The summed E-state index contributed by atoms with van der Waals surface area (Å²) >= 11 is 0. The number of sulfonamides is 1. The molecular formula is C21H24N2O6S. The van der Waals surface area contributed by atoms with E-state index in [1.54, 1.807) is 18.2 Å². The summed E-state index contributed by atoms with van der Waals surface area (Å²) in [6.07, 6.45) is 1.66. The van der Waals surface area contributed by atoms with Crippen LogP contribution in [0.1, 0.15) is 29.7 Å². The van der Waals surface area contributed by atoms with E-state index in [9.17, 15) is 13.2 Å². The molecule has 0 unspecified atom stereocenters. The van der Waals surface area contributed by atoms with Gasteiger partial charge in [-0.15, -0.1) is 0 Å². The second-order valence-electron chi connectivity index (χ2n) is 6.52. The summed E-state index contributed by atoms with van der Waals surface area (Å²) < 4.78 is 43.3. The minimum Gasteiger partial charge on any atom is -0.464 e. The summed E-state index contributed by atoms with van der Waals surface area (Å²) in [5, 5.41) is 1.78. The third-order valence-electron chi connectivity index (χ3n) is 4.52. The van der Waals surface area contributed by atoms with Crippen LogP contribution in [0.5, 0.6) is 0 Å². The standard InChI is InChI=1S/C21H24N2O6S/c1-3-28-12-6-11-23(14-20-22-19(15-29-20)21(24)27-2)30(25,26)18-10-9-16-7-4-5-8-17(16)13-18/h4-5,7-10,13,15H,3,6,11-12,14H2,1-2H3. The number of carbonyl (C=O) groups excluding carboxylic acids is 1. The highest BCUT2D eigenvalue weighted by Gasteiger charge is 2.27. The summed E-state index contributed by atoms with van der Waals surface area (Å²) in [4.78, 5) is 15.8. The quantitative estimate of drug-likeness (QED) is 0.358. The number of ether oxygens (including phenoxy) is 2. The SMILES string of the molecule is CCOCCCN(Cc1nc(C(=O)OC)co1)S(=O)(=O)c1ccc2ccccc2c1. The van der Waals surface area contributed by atoms with Gasteiger partial charge in [0.05, 0.1) is 18.6 Å². The molecule has 0 amide bonds. The monoisotopic (exact) mass is 432 g/mol. The van der Waals surface area contributed by atoms with Crippen LogP contribution in [0.15, 0.2) is 58.0 Å². The van der Waals surface area contributed by atoms with E-state index in [-0.39, 0.29) is 29.6 Å². The van der Waals surface area contributed by atoms with Crippen LogP contribution in [-0.4, -0.2) is 50.5 Å². The van der Waals surface area contributed by atoms with Crippen molar-refractivity contribution in [3.8, 4) is 0 Å². The van der Waals surface area contributed by atoms with Crippen molar-refractivity contribution in [2.45, 2.75) is 24.8 Å². The summed E-state index contributed by atoms with van der Waals surface area (Å²) in [7, 11) is -2.60. The molecule has 0 radical (unpaired) electrons. The molecule has 0 atom stereocenters. The smallest absolute Gasteiger partial charge is 0.360 e. The van der Waals surface area contributed by atoms with Gasteiger partial charge in [-0.2, -0.15) is 4.31 Å². The molecular weight excluding hydrogens is 408 g/mol. The highest BCUT2D eigenvalue weighted by molar-refractivity contribution is 7.89. The van der Waals surface area contributed by atoms with E-state index in [0.717, 1.165) is 17.0 Å². The van der Waals surface area contributed by atoms with Gasteiger partial charge in [0.25, 0.3) is 0 Å². The Labute approximate surface area is 175 Å². The first-order chi connectivity index (χ1) is 14.5. The molecule has 30 heavy (non-hydrogen) atoms. The second kappa shape index (κ2) is 9.84. The van der Waals surface area contributed by atoms with Gasteiger partial charge in [0.1, 0.15) is 6.26 Å². The van der Waals surface area contributed by atoms with Gasteiger partial charge in [-0.3, -0.25) is 0 Å². The molecule has 3 rings (SSSR count). The molecule has 0 N–H and O–H groups in total. The van der Waals surface area contributed by atoms with E-state index >= 15 is 0 Å². The van der Waals surface area contributed by atoms with Crippen molar-refractivity contribution >= 4 is 26.8 Å². The fraction of sp³-hybridized carbons (Fsp3) is 0.333. The molecule has 1 aromatic heterocycles.